The van der Waals surface area contributed by atoms with Crippen LogP contribution in [-0.4, -0.2) is 97.3 Å². The zero-order valence-corrected chi connectivity index (χ0v) is 11.1. The Kier molecular flexibility index (Phi) is 4.85. The summed E-state index contributed by atoms with van der Waals surface area (Å²) in [6, 6.07) is 0. The highest BCUT2D eigenvalue weighted by molar-refractivity contribution is 5.17. The summed E-state index contributed by atoms with van der Waals surface area (Å²) in [5.74, 6) is 0. The van der Waals surface area contributed by atoms with Crippen molar-refractivity contribution in [3.8, 4) is 0 Å². The van der Waals surface area contributed by atoms with Crippen LogP contribution in [0.2, 0.25) is 0 Å². The van der Waals surface area contributed by atoms with Crippen molar-refractivity contribution in [2.75, 3.05) is 13.2 Å². The van der Waals surface area contributed by atoms with Gasteiger partial charge >= 0.3 is 0 Å². The molecule has 0 bridgehead atoms. The summed E-state index contributed by atoms with van der Waals surface area (Å²) >= 11 is 0. The van der Waals surface area contributed by atoms with Crippen molar-refractivity contribution in [3.63, 3.8) is 0 Å². The Balaban J connectivity index is 2.30. The Morgan fingerprint density at radius 1 is 0.905 bits per heavy atom. The molecule has 0 aromatic rings. The number of hydrogen-bond acceptors (Lipinski definition) is 9. The van der Waals surface area contributed by atoms with Crippen LogP contribution in [0, 0.1) is 0 Å². The Morgan fingerprint density at radius 2 is 1.52 bits per heavy atom. The Hall–Kier alpha value is -0.780. The maximum atomic E-state index is 10.6. The standard InChI is InChI=1S/C12H20O9/c13-3-5-7(15)8(16)9(17)11(21-5)12(19)1-2-20-6(4-14)10(12)18/h1-2,5-11,13-19H,3-4H2/t5-,6-,7+,8+,9-,10+,11?,12-/m1/s1. The highest BCUT2D eigenvalue weighted by atomic mass is 16.6. The smallest absolute Gasteiger partial charge is 0.150 e. The van der Waals surface area contributed by atoms with E-state index < -0.39 is 61.5 Å². The van der Waals surface area contributed by atoms with Crippen LogP contribution in [-0.2, 0) is 9.47 Å². The second-order valence-corrected chi connectivity index (χ2v) is 5.24. The van der Waals surface area contributed by atoms with Gasteiger partial charge in [0.25, 0.3) is 0 Å². The van der Waals surface area contributed by atoms with E-state index in [0.717, 1.165) is 12.3 Å². The fourth-order valence-electron chi connectivity index (χ4n) is 2.61. The lowest BCUT2D eigenvalue weighted by molar-refractivity contribution is -0.283. The molecule has 9 nitrogen and oxygen atoms in total. The lowest BCUT2D eigenvalue weighted by Gasteiger charge is -2.49. The van der Waals surface area contributed by atoms with E-state index in [9.17, 15) is 25.5 Å². The number of aliphatic hydroxyl groups excluding tert-OH is 6. The minimum absolute atomic E-state index is 0.592. The van der Waals surface area contributed by atoms with Crippen molar-refractivity contribution in [2.24, 2.45) is 0 Å². The van der Waals surface area contributed by atoms with E-state index in [-0.39, 0.29) is 0 Å². The van der Waals surface area contributed by atoms with Gasteiger partial charge in [-0.1, -0.05) is 0 Å². The first-order valence-electron chi connectivity index (χ1n) is 6.51. The van der Waals surface area contributed by atoms with Crippen molar-refractivity contribution < 1.29 is 45.2 Å². The van der Waals surface area contributed by atoms with Crippen molar-refractivity contribution in [1.29, 1.82) is 0 Å². The third-order valence-electron chi connectivity index (χ3n) is 3.94. The fraction of sp³-hybridized carbons (Fsp3) is 0.833. The van der Waals surface area contributed by atoms with Gasteiger partial charge < -0.3 is 45.2 Å². The van der Waals surface area contributed by atoms with Crippen molar-refractivity contribution in [1.82, 2.24) is 0 Å². The maximum Gasteiger partial charge on any atom is 0.150 e. The molecule has 8 atom stereocenters. The minimum atomic E-state index is -2.17. The minimum Gasteiger partial charge on any atom is -0.493 e. The summed E-state index contributed by atoms with van der Waals surface area (Å²) in [4.78, 5) is 0. The lowest BCUT2D eigenvalue weighted by Crippen LogP contribution is -2.69. The van der Waals surface area contributed by atoms with Crippen LogP contribution in [0.25, 0.3) is 0 Å². The van der Waals surface area contributed by atoms with E-state index in [1.54, 1.807) is 0 Å². The molecule has 7 N–H and O–H groups in total. The van der Waals surface area contributed by atoms with Gasteiger partial charge in [-0.05, 0) is 6.08 Å². The summed E-state index contributed by atoms with van der Waals surface area (Å²) in [5, 5.41) is 68.3. The molecule has 1 saturated heterocycles. The maximum absolute atomic E-state index is 10.6. The topological polar surface area (TPSA) is 160 Å². The van der Waals surface area contributed by atoms with Crippen LogP contribution in [0.5, 0.6) is 0 Å². The van der Waals surface area contributed by atoms with E-state index in [4.69, 9.17) is 19.7 Å². The van der Waals surface area contributed by atoms with Crippen LogP contribution in [0.1, 0.15) is 0 Å². The van der Waals surface area contributed by atoms with Gasteiger partial charge in [0.1, 0.15) is 48.3 Å². The third kappa shape index (κ3) is 2.67. The van der Waals surface area contributed by atoms with Crippen molar-refractivity contribution in [2.45, 2.75) is 48.3 Å². The average Bonchev–Trinajstić information content (AvgIpc) is 2.48. The zero-order chi connectivity index (χ0) is 15.8. The molecule has 9 heteroatoms. The number of rotatable bonds is 3. The van der Waals surface area contributed by atoms with E-state index in [1.807, 2.05) is 0 Å². The van der Waals surface area contributed by atoms with Crippen LogP contribution in [0.4, 0.5) is 0 Å². The van der Waals surface area contributed by atoms with Gasteiger partial charge in [-0.2, -0.15) is 0 Å². The molecule has 0 saturated carbocycles. The molecule has 0 aromatic heterocycles. The number of aliphatic hydroxyl groups is 7. The molecule has 2 heterocycles. The van der Waals surface area contributed by atoms with E-state index in [0.29, 0.717) is 0 Å². The molecular formula is C12H20O9. The van der Waals surface area contributed by atoms with E-state index in [1.165, 1.54) is 0 Å². The van der Waals surface area contributed by atoms with Crippen molar-refractivity contribution >= 4 is 0 Å². The first-order chi connectivity index (χ1) is 9.86. The molecule has 1 unspecified atom stereocenters. The Bertz CT molecular complexity index is 387. The van der Waals surface area contributed by atoms with Gasteiger partial charge in [0.2, 0.25) is 0 Å². The molecule has 0 aromatic carbocycles. The normalized spacial score (nSPS) is 50.7. The van der Waals surface area contributed by atoms with Crippen LogP contribution < -0.4 is 0 Å². The van der Waals surface area contributed by atoms with Gasteiger partial charge in [-0.15, -0.1) is 0 Å². The molecule has 2 rings (SSSR count). The largest absolute Gasteiger partial charge is 0.493 e. The summed E-state index contributed by atoms with van der Waals surface area (Å²) < 4.78 is 10.2. The predicted molar refractivity (Wildman–Crippen MR) is 65.8 cm³/mol. The van der Waals surface area contributed by atoms with Crippen molar-refractivity contribution in [3.05, 3.63) is 12.3 Å². The summed E-state index contributed by atoms with van der Waals surface area (Å²) in [6.45, 7) is -1.25. The quantitative estimate of drug-likeness (QED) is 0.274. The molecule has 0 amide bonds. The molecule has 0 radical (unpaired) electrons. The Labute approximate surface area is 120 Å². The summed E-state index contributed by atoms with van der Waals surface area (Å²) in [6.07, 6.45) is -8.44. The third-order valence-corrected chi connectivity index (χ3v) is 3.94. The van der Waals surface area contributed by atoms with Crippen LogP contribution >= 0.6 is 0 Å². The molecule has 0 aliphatic carbocycles. The molecular weight excluding hydrogens is 288 g/mol. The highest BCUT2D eigenvalue weighted by Crippen LogP contribution is 2.34. The summed E-state index contributed by atoms with van der Waals surface area (Å²) in [5.41, 5.74) is -2.17. The zero-order valence-electron chi connectivity index (χ0n) is 11.1. The first kappa shape index (κ1) is 16.6. The van der Waals surface area contributed by atoms with Crippen LogP contribution in [0.3, 0.4) is 0 Å². The van der Waals surface area contributed by atoms with Gasteiger partial charge in [0.15, 0.2) is 0 Å². The van der Waals surface area contributed by atoms with Gasteiger partial charge in [-0.25, -0.2) is 0 Å². The van der Waals surface area contributed by atoms with E-state index >= 15 is 0 Å². The van der Waals surface area contributed by atoms with Gasteiger partial charge in [-0.3, -0.25) is 0 Å². The van der Waals surface area contributed by atoms with Crippen LogP contribution in [0.15, 0.2) is 12.3 Å². The predicted octanol–water partition coefficient (Wildman–Crippen LogP) is -4.17. The number of ether oxygens (including phenoxy) is 2. The molecule has 2 aliphatic rings. The summed E-state index contributed by atoms with van der Waals surface area (Å²) in [7, 11) is 0. The van der Waals surface area contributed by atoms with Gasteiger partial charge in [0.05, 0.1) is 19.5 Å². The molecule has 0 spiro atoms. The van der Waals surface area contributed by atoms with E-state index in [2.05, 4.69) is 0 Å². The SMILES string of the molecule is OC[C@H]1OC([C@@]2(O)C=CO[C@H](CO)[C@@H]2O)[C@H](O)[C@@H](O)[C@H]1O. The molecule has 1 fully saturated rings. The number of hydrogen-bond donors (Lipinski definition) is 7. The second kappa shape index (κ2) is 6.15. The highest BCUT2D eigenvalue weighted by Gasteiger charge is 2.56. The molecule has 2 aliphatic heterocycles. The lowest BCUT2D eigenvalue weighted by atomic mass is 9.79. The molecule has 122 valence electrons. The Morgan fingerprint density at radius 3 is 2.10 bits per heavy atom. The molecule has 21 heavy (non-hydrogen) atoms. The second-order valence-electron chi connectivity index (χ2n) is 5.24. The average molecular weight is 308 g/mol. The van der Waals surface area contributed by atoms with Gasteiger partial charge in [0, 0.05) is 0 Å². The first-order valence-corrected chi connectivity index (χ1v) is 6.51. The fourth-order valence-corrected chi connectivity index (χ4v) is 2.61. The monoisotopic (exact) mass is 308 g/mol.